The molecule has 4 aliphatic carbocycles. The highest BCUT2D eigenvalue weighted by Gasteiger charge is 2.59. The van der Waals surface area contributed by atoms with E-state index < -0.39 is 0 Å². The minimum absolute atomic E-state index is 0.0215. The lowest BCUT2D eigenvalue weighted by molar-refractivity contribution is -0.116. The molecule has 2 saturated carbocycles. The highest BCUT2D eigenvalue weighted by atomic mass is 16.5. The molecule has 0 unspecified atom stereocenters. The molecule has 9 atom stereocenters. The van der Waals surface area contributed by atoms with E-state index in [0.29, 0.717) is 43.0 Å². The van der Waals surface area contributed by atoms with Gasteiger partial charge >= 0.3 is 0 Å². The van der Waals surface area contributed by atoms with Crippen LogP contribution in [0.3, 0.4) is 0 Å². The second kappa shape index (κ2) is 10.4. The van der Waals surface area contributed by atoms with Crippen molar-refractivity contribution in [1.29, 1.82) is 0 Å². The normalized spacial score (nSPS) is 44.9. The fourth-order valence-corrected chi connectivity index (χ4v) is 10.2. The zero-order chi connectivity index (χ0) is 26.7. The second-order valence-electron chi connectivity index (χ2n) is 14.1. The Balaban J connectivity index is 1.21. The number of ether oxygens (including phenoxy) is 3. The van der Waals surface area contributed by atoms with Crippen LogP contribution in [0.4, 0.5) is 0 Å². The molecular weight excluding hydrogens is 474 g/mol. The van der Waals surface area contributed by atoms with Crippen molar-refractivity contribution in [1.82, 2.24) is 4.90 Å². The van der Waals surface area contributed by atoms with Crippen molar-refractivity contribution in [2.45, 2.75) is 103 Å². The Kier molecular flexibility index (Phi) is 7.46. The van der Waals surface area contributed by atoms with Crippen LogP contribution in [0.2, 0.25) is 0 Å². The summed E-state index contributed by atoms with van der Waals surface area (Å²) in [6.45, 7) is 14.1. The van der Waals surface area contributed by atoms with E-state index in [9.17, 15) is 4.79 Å². The molecule has 6 aliphatic rings. The zero-order valence-electron chi connectivity index (χ0n) is 24.6. The van der Waals surface area contributed by atoms with Gasteiger partial charge in [-0.3, -0.25) is 9.69 Å². The fraction of sp³-hybridized carbons (Fsp3) is 0.848. The van der Waals surface area contributed by atoms with Gasteiger partial charge in [0.2, 0.25) is 0 Å². The molecule has 38 heavy (non-hydrogen) atoms. The van der Waals surface area contributed by atoms with E-state index in [1.54, 1.807) is 18.3 Å². The second-order valence-corrected chi connectivity index (χ2v) is 14.1. The lowest BCUT2D eigenvalue weighted by Crippen LogP contribution is -2.52. The maximum absolute atomic E-state index is 12.2. The maximum atomic E-state index is 12.2. The Bertz CT molecular complexity index is 987. The summed E-state index contributed by atoms with van der Waals surface area (Å²) in [5.74, 6) is 3.78. The van der Waals surface area contributed by atoms with E-state index in [-0.39, 0.29) is 11.0 Å². The van der Waals surface area contributed by atoms with Crippen LogP contribution in [0, 0.1) is 35.0 Å². The summed E-state index contributed by atoms with van der Waals surface area (Å²) >= 11 is 0. The molecule has 0 N–H and O–H groups in total. The predicted octanol–water partition coefficient (Wildman–Crippen LogP) is 5.98. The van der Waals surface area contributed by atoms with Gasteiger partial charge in [0.15, 0.2) is 5.78 Å². The molecule has 0 aromatic rings. The van der Waals surface area contributed by atoms with Crippen LogP contribution in [-0.4, -0.2) is 68.4 Å². The molecule has 2 saturated heterocycles. The molecule has 1 spiro atoms. The Labute approximate surface area is 230 Å². The van der Waals surface area contributed by atoms with Crippen LogP contribution in [0.15, 0.2) is 22.8 Å². The topological polar surface area (TPSA) is 48.0 Å². The Morgan fingerprint density at radius 2 is 1.97 bits per heavy atom. The lowest BCUT2D eigenvalue weighted by atomic mass is 9.56. The molecule has 0 bridgehead atoms. The standard InChI is InChI=1S/C33H51NO4/c1-21-16-30-31(34(20-21)12-13-37-15-14-36-5)23(3)33(38-30)11-9-26-27-7-6-24-17-25(35)8-10-32(24,4)29(27)18-28(26)22(2)19-33/h17,21,23,26-27,29-31H,6-16,18-20H2,1-5H3/t21-,23+,26-,27+,29-,30+,31-,32-,33-/m0/s1. The van der Waals surface area contributed by atoms with Crippen molar-refractivity contribution in [2.75, 3.05) is 40.0 Å². The molecule has 5 nitrogen and oxygen atoms in total. The summed E-state index contributed by atoms with van der Waals surface area (Å²) in [4.78, 5) is 14.9. The number of rotatable bonds is 6. The van der Waals surface area contributed by atoms with Gasteiger partial charge in [0, 0.05) is 38.6 Å². The van der Waals surface area contributed by atoms with E-state index in [4.69, 9.17) is 14.2 Å². The van der Waals surface area contributed by atoms with Crippen LogP contribution < -0.4 is 0 Å². The van der Waals surface area contributed by atoms with Gasteiger partial charge in [0.1, 0.15) is 0 Å². The van der Waals surface area contributed by atoms with Gasteiger partial charge in [0.05, 0.1) is 31.5 Å². The molecule has 0 aromatic heterocycles. The number of hydrogen-bond donors (Lipinski definition) is 0. The van der Waals surface area contributed by atoms with Crippen molar-refractivity contribution in [3.8, 4) is 0 Å². The number of methoxy groups -OCH3 is 1. The van der Waals surface area contributed by atoms with Crippen LogP contribution in [0.1, 0.15) is 85.5 Å². The minimum atomic E-state index is -0.0215. The monoisotopic (exact) mass is 525 g/mol. The summed E-state index contributed by atoms with van der Waals surface area (Å²) in [6, 6.07) is 0.502. The van der Waals surface area contributed by atoms with Gasteiger partial charge in [-0.15, -0.1) is 0 Å². The van der Waals surface area contributed by atoms with Crippen molar-refractivity contribution in [3.05, 3.63) is 22.8 Å². The first kappa shape index (κ1) is 27.2. The Morgan fingerprint density at radius 1 is 1.13 bits per heavy atom. The zero-order valence-corrected chi connectivity index (χ0v) is 24.6. The molecule has 0 radical (unpaired) electrons. The molecule has 212 valence electrons. The third kappa shape index (κ3) is 4.48. The molecule has 6 rings (SSSR count). The van der Waals surface area contributed by atoms with Crippen LogP contribution >= 0.6 is 0 Å². The number of allylic oxidation sites excluding steroid dienone is 3. The Hall–Kier alpha value is -1.01. The SMILES string of the molecule is COCCOCCN1C[C@@H](C)C[C@H]2O[C@]3(CC[C@@H]4C(=C(C)C3)C[C@H]3[C@@H]4CCC4=CC(=O)CC[C@@]43C)[C@H](C)[C@@H]21. The Morgan fingerprint density at radius 3 is 2.79 bits per heavy atom. The first-order chi connectivity index (χ1) is 18.3. The molecule has 2 heterocycles. The van der Waals surface area contributed by atoms with E-state index in [1.807, 2.05) is 6.08 Å². The van der Waals surface area contributed by atoms with E-state index in [2.05, 4.69) is 32.6 Å². The largest absolute Gasteiger partial charge is 0.382 e. The average molecular weight is 526 g/mol. The number of ketones is 1. The number of hydrogen-bond acceptors (Lipinski definition) is 5. The van der Waals surface area contributed by atoms with E-state index in [1.165, 1.54) is 37.7 Å². The smallest absolute Gasteiger partial charge is 0.155 e. The fourth-order valence-electron chi connectivity index (χ4n) is 10.2. The number of likely N-dealkylation sites (tertiary alicyclic amines) is 1. The molecular formula is C33H51NO4. The molecule has 0 aromatic carbocycles. The quantitative estimate of drug-likeness (QED) is 0.316. The summed E-state index contributed by atoms with van der Waals surface area (Å²) in [5, 5.41) is 0. The third-order valence-corrected chi connectivity index (χ3v) is 12.1. The van der Waals surface area contributed by atoms with Crippen LogP contribution in [-0.2, 0) is 19.0 Å². The third-order valence-electron chi connectivity index (χ3n) is 12.1. The van der Waals surface area contributed by atoms with Crippen molar-refractivity contribution < 1.29 is 19.0 Å². The predicted molar refractivity (Wildman–Crippen MR) is 150 cm³/mol. The van der Waals surface area contributed by atoms with Crippen molar-refractivity contribution in [2.24, 2.45) is 35.0 Å². The van der Waals surface area contributed by atoms with Gasteiger partial charge in [0.25, 0.3) is 0 Å². The molecule has 4 fully saturated rings. The van der Waals surface area contributed by atoms with Crippen LogP contribution in [0.25, 0.3) is 0 Å². The summed E-state index contributed by atoms with van der Waals surface area (Å²) in [5.41, 5.74) is 5.10. The van der Waals surface area contributed by atoms with Gasteiger partial charge in [-0.25, -0.2) is 0 Å². The van der Waals surface area contributed by atoms with E-state index >= 15 is 0 Å². The molecule has 5 heteroatoms. The number of fused-ring (bicyclic) bond motifs is 6. The molecule has 2 aliphatic heterocycles. The van der Waals surface area contributed by atoms with Gasteiger partial charge in [-0.05, 0) is 93.5 Å². The molecule has 0 amide bonds. The van der Waals surface area contributed by atoms with Gasteiger partial charge < -0.3 is 14.2 Å². The van der Waals surface area contributed by atoms with Crippen molar-refractivity contribution >= 4 is 5.78 Å². The lowest BCUT2D eigenvalue weighted by Gasteiger charge is -2.48. The van der Waals surface area contributed by atoms with E-state index in [0.717, 1.165) is 63.1 Å². The van der Waals surface area contributed by atoms with Crippen molar-refractivity contribution in [3.63, 3.8) is 0 Å². The highest BCUT2D eigenvalue weighted by Crippen LogP contribution is 2.64. The van der Waals surface area contributed by atoms with Gasteiger partial charge in [-0.1, -0.05) is 37.5 Å². The number of carbonyl (C=O) groups is 1. The number of carbonyl (C=O) groups excluding carboxylic acids is 1. The highest BCUT2D eigenvalue weighted by molar-refractivity contribution is 5.91. The average Bonchev–Trinajstić information content (AvgIpc) is 3.34. The number of piperidine rings is 1. The summed E-state index contributed by atoms with van der Waals surface area (Å²) < 4.78 is 18.3. The van der Waals surface area contributed by atoms with Gasteiger partial charge in [-0.2, -0.15) is 0 Å². The first-order valence-corrected chi connectivity index (χ1v) is 15.7. The number of nitrogens with zero attached hydrogens (tertiary/aromatic N) is 1. The maximum Gasteiger partial charge on any atom is 0.155 e. The summed E-state index contributed by atoms with van der Waals surface area (Å²) in [6.07, 6.45) is 12.6. The summed E-state index contributed by atoms with van der Waals surface area (Å²) in [7, 11) is 1.73. The minimum Gasteiger partial charge on any atom is -0.382 e. The first-order valence-electron chi connectivity index (χ1n) is 15.7. The van der Waals surface area contributed by atoms with Crippen LogP contribution in [0.5, 0.6) is 0 Å².